The van der Waals surface area contributed by atoms with Crippen LogP contribution in [0.4, 0.5) is 17.6 Å². The number of benzene rings is 3. The Balaban J connectivity index is 1.77. The summed E-state index contributed by atoms with van der Waals surface area (Å²) in [7, 11) is -4.15. The molecule has 0 saturated heterocycles. The third kappa shape index (κ3) is 6.44. The molecule has 0 bridgehead atoms. The molecule has 1 heterocycles. The zero-order valence-corrected chi connectivity index (χ0v) is 22.8. The van der Waals surface area contributed by atoms with Gasteiger partial charge in [0.2, 0.25) is 10.0 Å². The number of hydrogen-bond donors (Lipinski definition) is 1. The molecule has 0 aliphatic rings. The first-order valence-corrected chi connectivity index (χ1v) is 13.9. The van der Waals surface area contributed by atoms with Crippen LogP contribution in [-0.2, 0) is 28.0 Å². The van der Waals surface area contributed by atoms with Gasteiger partial charge < -0.3 is 5.11 Å². The van der Waals surface area contributed by atoms with E-state index in [1.807, 2.05) is 24.3 Å². The second-order valence-corrected chi connectivity index (χ2v) is 12.4. The minimum atomic E-state index is -4.64. The lowest BCUT2D eigenvalue weighted by molar-refractivity contribution is -0.137. The quantitative estimate of drug-likeness (QED) is 0.236. The number of alkyl halides is 3. The highest BCUT2D eigenvalue weighted by atomic mass is 32.2. The maximum atomic E-state index is 14.1. The maximum Gasteiger partial charge on any atom is 0.416 e. The molecule has 0 atom stereocenters. The fraction of sp³-hybridized carbons (Fsp3) is 0.233. The van der Waals surface area contributed by atoms with Crippen LogP contribution in [0, 0.1) is 5.82 Å². The zero-order chi connectivity index (χ0) is 29.5. The van der Waals surface area contributed by atoms with E-state index >= 15 is 0 Å². The fourth-order valence-electron chi connectivity index (χ4n) is 4.45. The standard InChI is InChI=1S/C30H27F4NO4S/c1-29(2,3)23-8-4-6-19(13-23)7-5-11-40(38,39)35-26(15-20-12-22(28(36)37)17-25(31)14-20)18-21-16-24(30(32,33)34)9-10-27(21)35/h4-10,12-14,16-18H,11,15H2,1-3H3,(H,36,37). The van der Waals surface area contributed by atoms with Gasteiger partial charge in [0.1, 0.15) is 5.82 Å². The van der Waals surface area contributed by atoms with Gasteiger partial charge in [-0.2, -0.15) is 13.2 Å². The molecule has 4 aromatic rings. The van der Waals surface area contributed by atoms with E-state index in [9.17, 15) is 35.9 Å². The molecule has 1 aromatic heterocycles. The lowest BCUT2D eigenvalue weighted by Crippen LogP contribution is -2.18. The monoisotopic (exact) mass is 573 g/mol. The van der Waals surface area contributed by atoms with Gasteiger partial charge in [-0.1, -0.05) is 57.2 Å². The number of hydrogen-bond acceptors (Lipinski definition) is 3. The Bertz CT molecular complexity index is 1730. The van der Waals surface area contributed by atoms with Crippen molar-refractivity contribution < 1.29 is 35.9 Å². The first kappa shape index (κ1) is 29.1. The number of carboxylic acid groups (broad SMARTS) is 1. The molecule has 0 saturated carbocycles. The van der Waals surface area contributed by atoms with E-state index in [-0.39, 0.29) is 39.6 Å². The van der Waals surface area contributed by atoms with E-state index in [2.05, 4.69) is 20.8 Å². The molecule has 4 rings (SSSR count). The van der Waals surface area contributed by atoms with Crippen molar-refractivity contribution in [1.29, 1.82) is 0 Å². The minimum absolute atomic E-state index is 0.0287. The lowest BCUT2D eigenvalue weighted by Gasteiger charge is -2.19. The SMILES string of the molecule is CC(C)(C)c1cccc(C=CCS(=O)(=O)n2c(Cc3cc(F)cc(C(=O)O)c3)cc3cc(C(F)(F)F)ccc32)c1. The van der Waals surface area contributed by atoms with Crippen molar-refractivity contribution in [2.45, 2.75) is 38.8 Å². The summed E-state index contributed by atoms with van der Waals surface area (Å²) in [6.45, 7) is 6.17. The Morgan fingerprint density at radius 3 is 2.33 bits per heavy atom. The average molecular weight is 574 g/mol. The Kier molecular flexibility index (Phi) is 7.68. The summed E-state index contributed by atoms with van der Waals surface area (Å²) in [5, 5.41) is 9.31. The molecule has 0 unspecified atom stereocenters. The molecular formula is C30H27F4NO4S. The number of aromatic nitrogens is 1. The van der Waals surface area contributed by atoms with Crippen molar-refractivity contribution in [3.8, 4) is 0 Å². The van der Waals surface area contributed by atoms with Crippen LogP contribution in [0.25, 0.3) is 17.0 Å². The molecule has 3 aromatic carbocycles. The largest absolute Gasteiger partial charge is 0.478 e. The van der Waals surface area contributed by atoms with Gasteiger partial charge in [0.05, 0.1) is 22.4 Å². The van der Waals surface area contributed by atoms with E-state index in [0.717, 1.165) is 45.4 Å². The van der Waals surface area contributed by atoms with Crippen molar-refractivity contribution in [1.82, 2.24) is 3.97 Å². The molecule has 5 nitrogen and oxygen atoms in total. The number of carbonyl (C=O) groups is 1. The van der Waals surface area contributed by atoms with Gasteiger partial charge in [0.25, 0.3) is 0 Å². The van der Waals surface area contributed by atoms with Gasteiger partial charge in [0.15, 0.2) is 0 Å². The topological polar surface area (TPSA) is 76.4 Å². The van der Waals surface area contributed by atoms with Crippen molar-refractivity contribution >= 4 is 33.0 Å². The Labute approximate surface area is 229 Å². The third-order valence-corrected chi connectivity index (χ3v) is 8.00. The molecule has 40 heavy (non-hydrogen) atoms. The summed E-state index contributed by atoms with van der Waals surface area (Å²) >= 11 is 0. The van der Waals surface area contributed by atoms with Crippen LogP contribution < -0.4 is 0 Å². The highest BCUT2D eigenvalue weighted by molar-refractivity contribution is 7.90. The molecule has 0 spiro atoms. The lowest BCUT2D eigenvalue weighted by atomic mass is 9.86. The molecular weight excluding hydrogens is 546 g/mol. The van der Waals surface area contributed by atoms with Crippen molar-refractivity contribution in [2.75, 3.05) is 5.75 Å². The third-order valence-electron chi connectivity index (χ3n) is 6.39. The van der Waals surface area contributed by atoms with Gasteiger partial charge in [-0.05, 0) is 64.6 Å². The van der Waals surface area contributed by atoms with Crippen LogP contribution in [0.5, 0.6) is 0 Å². The predicted octanol–water partition coefficient (Wildman–Crippen LogP) is 7.28. The van der Waals surface area contributed by atoms with Crippen molar-refractivity contribution in [2.24, 2.45) is 0 Å². The number of nitrogens with zero attached hydrogens (tertiary/aromatic N) is 1. The number of carboxylic acids is 1. The molecule has 1 N–H and O–H groups in total. The minimum Gasteiger partial charge on any atom is -0.478 e. The van der Waals surface area contributed by atoms with Crippen LogP contribution in [0.2, 0.25) is 0 Å². The molecule has 0 fully saturated rings. The summed E-state index contributed by atoms with van der Waals surface area (Å²) in [4.78, 5) is 11.4. The first-order valence-electron chi connectivity index (χ1n) is 12.3. The number of halogens is 4. The summed E-state index contributed by atoms with van der Waals surface area (Å²) in [5.74, 6) is -2.67. The van der Waals surface area contributed by atoms with Crippen LogP contribution in [0.3, 0.4) is 0 Å². The Morgan fingerprint density at radius 2 is 1.68 bits per heavy atom. The van der Waals surface area contributed by atoms with Crippen LogP contribution >= 0.6 is 0 Å². The van der Waals surface area contributed by atoms with Gasteiger partial charge in [-0.3, -0.25) is 0 Å². The van der Waals surface area contributed by atoms with E-state index in [4.69, 9.17) is 0 Å². The molecule has 0 radical (unpaired) electrons. The Morgan fingerprint density at radius 1 is 0.950 bits per heavy atom. The van der Waals surface area contributed by atoms with Crippen molar-refractivity contribution in [3.63, 3.8) is 0 Å². The second kappa shape index (κ2) is 10.6. The van der Waals surface area contributed by atoms with Gasteiger partial charge in [-0.25, -0.2) is 21.6 Å². The second-order valence-electron chi connectivity index (χ2n) is 10.6. The van der Waals surface area contributed by atoms with Gasteiger partial charge in [-0.15, -0.1) is 0 Å². The summed E-state index contributed by atoms with van der Waals surface area (Å²) in [6, 6.07) is 14.7. The van der Waals surface area contributed by atoms with Gasteiger partial charge >= 0.3 is 12.1 Å². The van der Waals surface area contributed by atoms with E-state index in [1.54, 1.807) is 6.08 Å². The van der Waals surface area contributed by atoms with Crippen LogP contribution in [0.1, 0.15) is 59.1 Å². The van der Waals surface area contributed by atoms with E-state index in [1.165, 1.54) is 18.2 Å². The van der Waals surface area contributed by atoms with E-state index < -0.39 is 39.3 Å². The van der Waals surface area contributed by atoms with E-state index in [0.29, 0.717) is 0 Å². The van der Waals surface area contributed by atoms with Crippen molar-refractivity contribution in [3.05, 3.63) is 112 Å². The molecule has 0 aliphatic heterocycles. The van der Waals surface area contributed by atoms with Gasteiger partial charge in [0, 0.05) is 17.5 Å². The smallest absolute Gasteiger partial charge is 0.416 e. The summed E-state index contributed by atoms with van der Waals surface area (Å²) in [6.07, 6.45) is -1.75. The maximum absolute atomic E-state index is 14.1. The zero-order valence-electron chi connectivity index (χ0n) is 22.0. The molecule has 0 aliphatic carbocycles. The number of fused-ring (bicyclic) bond motifs is 1. The average Bonchev–Trinajstić information content (AvgIpc) is 3.20. The Hall–Kier alpha value is -3.92. The fourth-order valence-corrected chi connectivity index (χ4v) is 5.88. The highest BCUT2D eigenvalue weighted by Gasteiger charge is 2.31. The first-order chi connectivity index (χ1) is 18.5. The number of aromatic carboxylic acids is 1. The van der Waals surface area contributed by atoms with Crippen LogP contribution in [0.15, 0.2) is 72.8 Å². The number of rotatable bonds is 7. The highest BCUT2D eigenvalue weighted by Crippen LogP contribution is 2.34. The summed E-state index contributed by atoms with van der Waals surface area (Å²) < 4.78 is 82.3. The normalized spacial score (nSPS) is 12.9. The predicted molar refractivity (Wildman–Crippen MR) is 146 cm³/mol. The summed E-state index contributed by atoms with van der Waals surface area (Å²) in [5.41, 5.74) is 0.715. The molecule has 0 amide bonds. The van der Waals surface area contributed by atoms with Crippen LogP contribution in [-0.4, -0.2) is 29.2 Å². The molecule has 210 valence electrons. The molecule has 10 heteroatoms.